The first-order valence-corrected chi connectivity index (χ1v) is 8.72. The first-order chi connectivity index (χ1) is 12.4. The predicted molar refractivity (Wildman–Crippen MR) is 99.9 cm³/mol. The normalized spacial score (nSPS) is 16.0. The average Bonchev–Trinajstić information content (AvgIpc) is 2.62. The van der Waals surface area contributed by atoms with E-state index in [2.05, 4.69) is 26.5 Å². The van der Waals surface area contributed by atoms with E-state index in [9.17, 15) is 14.4 Å². The van der Waals surface area contributed by atoms with Crippen molar-refractivity contribution >= 4 is 29.2 Å². The Morgan fingerprint density at radius 1 is 1.15 bits per heavy atom. The molecule has 26 heavy (non-hydrogen) atoms. The second-order valence-electron chi connectivity index (χ2n) is 6.31. The van der Waals surface area contributed by atoms with Gasteiger partial charge in [0.25, 0.3) is 0 Å². The third-order valence-corrected chi connectivity index (χ3v) is 4.12. The van der Waals surface area contributed by atoms with Crippen LogP contribution in [0.25, 0.3) is 0 Å². The summed E-state index contributed by atoms with van der Waals surface area (Å²) in [5.74, 6) is -0.308. The summed E-state index contributed by atoms with van der Waals surface area (Å²) in [6.07, 6.45) is 1.83. The summed E-state index contributed by atoms with van der Waals surface area (Å²) in [5, 5.41) is 12.2. The van der Waals surface area contributed by atoms with Crippen molar-refractivity contribution in [3.05, 3.63) is 29.8 Å². The van der Waals surface area contributed by atoms with E-state index >= 15 is 0 Å². The van der Waals surface area contributed by atoms with Gasteiger partial charge >= 0.3 is 6.03 Å². The number of nitrogens with one attached hydrogen (secondary N) is 4. The Hall–Kier alpha value is -2.90. The molecule has 0 bridgehead atoms. The summed E-state index contributed by atoms with van der Waals surface area (Å²) >= 11 is 0. The molecule has 0 aliphatic carbocycles. The van der Waals surface area contributed by atoms with Crippen molar-refractivity contribution in [2.75, 3.05) is 5.32 Å². The van der Waals surface area contributed by atoms with Gasteiger partial charge in [-0.15, -0.1) is 0 Å². The minimum absolute atomic E-state index is 0.0647. The summed E-state index contributed by atoms with van der Waals surface area (Å²) in [6, 6.07) is 6.12. The molecule has 4 N–H and O–H groups in total. The number of nitrogens with zero attached hydrogens (tertiary/aromatic N) is 1. The summed E-state index contributed by atoms with van der Waals surface area (Å²) in [6.45, 7) is 5.52. The molecule has 0 fully saturated rings. The highest BCUT2D eigenvalue weighted by atomic mass is 16.2. The Morgan fingerprint density at radius 2 is 1.85 bits per heavy atom. The Morgan fingerprint density at radius 3 is 2.42 bits per heavy atom. The first kappa shape index (κ1) is 19.4. The molecule has 2 rings (SSSR count). The van der Waals surface area contributed by atoms with Gasteiger partial charge in [-0.2, -0.15) is 5.10 Å². The number of amides is 4. The highest BCUT2D eigenvalue weighted by Crippen LogP contribution is 2.14. The zero-order valence-electron chi connectivity index (χ0n) is 15.3. The fraction of sp³-hybridized carbons (Fsp3) is 0.444. The molecular weight excluding hydrogens is 334 g/mol. The Labute approximate surface area is 152 Å². The molecule has 0 aromatic heterocycles. The molecule has 1 heterocycles. The maximum Gasteiger partial charge on any atom is 0.319 e. The monoisotopic (exact) mass is 359 g/mol. The molecule has 2 atom stereocenters. The molecule has 8 heteroatoms. The largest absolute Gasteiger partial charge is 0.352 e. The molecule has 0 radical (unpaired) electrons. The summed E-state index contributed by atoms with van der Waals surface area (Å²) < 4.78 is 0. The van der Waals surface area contributed by atoms with Gasteiger partial charge in [0.2, 0.25) is 11.8 Å². The van der Waals surface area contributed by atoms with Crippen LogP contribution in [0.15, 0.2) is 29.4 Å². The van der Waals surface area contributed by atoms with E-state index in [1.807, 2.05) is 26.0 Å². The number of rotatable bonds is 6. The van der Waals surface area contributed by atoms with Crippen molar-refractivity contribution in [1.29, 1.82) is 0 Å². The van der Waals surface area contributed by atoms with Crippen molar-refractivity contribution in [3.63, 3.8) is 0 Å². The van der Waals surface area contributed by atoms with Crippen LogP contribution in [0.3, 0.4) is 0 Å². The molecule has 1 aliphatic rings. The minimum Gasteiger partial charge on any atom is -0.352 e. The average molecular weight is 359 g/mol. The Kier molecular flexibility index (Phi) is 6.71. The van der Waals surface area contributed by atoms with Crippen LogP contribution in [0.4, 0.5) is 10.5 Å². The lowest BCUT2D eigenvalue weighted by atomic mass is 10.0. The van der Waals surface area contributed by atoms with Crippen molar-refractivity contribution in [1.82, 2.24) is 16.1 Å². The van der Waals surface area contributed by atoms with Gasteiger partial charge in [0.15, 0.2) is 0 Å². The van der Waals surface area contributed by atoms with Gasteiger partial charge in [-0.3, -0.25) is 9.59 Å². The number of carbonyl (C=O) groups is 3. The second-order valence-corrected chi connectivity index (χ2v) is 6.31. The predicted octanol–water partition coefficient (Wildman–Crippen LogP) is 1.73. The lowest BCUT2D eigenvalue weighted by Crippen LogP contribution is -2.48. The van der Waals surface area contributed by atoms with Gasteiger partial charge in [0.05, 0.1) is 5.71 Å². The summed E-state index contributed by atoms with van der Waals surface area (Å²) in [5.41, 5.74) is 4.75. The zero-order valence-corrected chi connectivity index (χ0v) is 15.3. The standard InChI is InChI=1S/C18H25N5O3/c1-4-11(2)19-17(25)12(3)20-18(26)21-14-7-5-13(6-8-14)15-9-10-16(24)23-22-15/h5-8,11-12H,4,9-10H2,1-3H3,(H,19,25)(H,23,24)(H2,20,21,26). The topological polar surface area (TPSA) is 112 Å². The third kappa shape index (κ3) is 5.58. The van der Waals surface area contributed by atoms with Gasteiger partial charge in [-0.05, 0) is 38.0 Å². The van der Waals surface area contributed by atoms with Crippen molar-refractivity contribution in [2.24, 2.45) is 5.10 Å². The van der Waals surface area contributed by atoms with Gasteiger partial charge in [-0.1, -0.05) is 19.1 Å². The van der Waals surface area contributed by atoms with Crippen LogP contribution >= 0.6 is 0 Å². The lowest BCUT2D eigenvalue weighted by Gasteiger charge is -2.18. The van der Waals surface area contributed by atoms with Gasteiger partial charge < -0.3 is 16.0 Å². The number of benzene rings is 1. The number of anilines is 1. The van der Waals surface area contributed by atoms with Crippen LogP contribution in [0.5, 0.6) is 0 Å². The van der Waals surface area contributed by atoms with Crippen LogP contribution in [0.1, 0.15) is 45.6 Å². The molecular formula is C18H25N5O3. The summed E-state index contributed by atoms with van der Waals surface area (Å²) in [4.78, 5) is 35.1. The maximum atomic E-state index is 12.0. The number of hydrogen-bond acceptors (Lipinski definition) is 4. The van der Waals surface area contributed by atoms with Gasteiger partial charge in [0, 0.05) is 24.6 Å². The van der Waals surface area contributed by atoms with Crippen LogP contribution in [-0.4, -0.2) is 35.6 Å². The fourth-order valence-electron chi connectivity index (χ4n) is 2.33. The van der Waals surface area contributed by atoms with Crippen molar-refractivity contribution in [2.45, 2.75) is 52.1 Å². The molecule has 1 aliphatic heterocycles. The van der Waals surface area contributed by atoms with E-state index in [4.69, 9.17) is 0 Å². The lowest BCUT2D eigenvalue weighted by molar-refractivity contribution is -0.123. The molecule has 0 saturated carbocycles. The Balaban J connectivity index is 1.87. The second kappa shape index (κ2) is 8.98. The van der Waals surface area contributed by atoms with Gasteiger partial charge in [0.1, 0.15) is 6.04 Å². The van der Waals surface area contributed by atoms with Gasteiger partial charge in [-0.25, -0.2) is 10.2 Å². The van der Waals surface area contributed by atoms with E-state index in [0.717, 1.165) is 17.7 Å². The van der Waals surface area contributed by atoms with Crippen LogP contribution in [0.2, 0.25) is 0 Å². The van der Waals surface area contributed by atoms with E-state index in [-0.39, 0.29) is 17.9 Å². The molecule has 8 nitrogen and oxygen atoms in total. The number of hydrogen-bond donors (Lipinski definition) is 4. The van der Waals surface area contributed by atoms with Crippen molar-refractivity contribution < 1.29 is 14.4 Å². The minimum atomic E-state index is -0.636. The highest BCUT2D eigenvalue weighted by Gasteiger charge is 2.17. The van der Waals surface area contributed by atoms with Crippen LogP contribution < -0.4 is 21.4 Å². The number of hydrazone groups is 1. The maximum absolute atomic E-state index is 12.0. The fourth-order valence-corrected chi connectivity index (χ4v) is 2.33. The molecule has 140 valence electrons. The molecule has 4 amide bonds. The van der Waals surface area contributed by atoms with Crippen LogP contribution in [0, 0.1) is 0 Å². The number of urea groups is 1. The highest BCUT2D eigenvalue weighted by molar-refractivity contribution is 6.04. The molecule has 1 aromatic carbocycles. The van der Waals surface area contributed by atoms with Crippen LogP contribution in [-0.2, 0) is 9.59 Å². The Bertz CT molecular complexity index is 699. The SMILES string of the molecule is CCC(C)NC(=O)C(C)NC(=O)Nc1ccc(C2=NNC(=O)CC2)cc1. The third-order valence-electron chi connectivity index (χ3n) is 4.12. The smallest absolute Gasteiger partial charge is 0.319 e. The quantitative estimate of drug-likeness (QED) is 0.620. The molecule has 1 aromatic rings. The molecule has 0 saturated heterocycles. The van der Waals surface area contributed by atoms with E-state index in [1.54, 1.807) is 19.1 Å². The first-order valence-electron chi connectivity index (χ1n) is 8.72. The molecule has 0 spiro atoms. The number of carbonyl (C=O) groups excluding carboxylic acids is 3. The summed E-state index contributed by atoms with van der Waals surface area (Å²) in [7, 11) is 0. The molecule has 2 unspecified atom stereocenters. The zero-order chi connectivity index (χ0) is 19.1. The van der Waals surface area contributed by atoms with E-state index in [0.29, 0.717) is 18.5 Å². The van der Waals surface area contributed by atoms with E-state index < -0.39 is 12.1 Å². The van der Waals surface area contributed by atoms with Crippen molar-refractivity contribution in [3.8, 4) is 0 Å². The van der Waals surface area contributed by atoms with E-state index in [1.165, 1.54) is 0 Å².